The summed E-state index contributed by atoms with van der Waals surface area (Å²) in [5.41, 5.74) is 4.23. The second-order valence-corrected chi connectivity index (χ2v) is 6.51. The molecule has 5 heteroatoms. The number of benzene rings is 2. The minimum Gasteiger partial charge on any atom is -0.295 e. The minimum absolute atomic E-state index is 0.528. The van der Waals surface area contributed by atoms with Crippen LogP contribution in [0.5, 0.6) is 0 Å². The minimum atomic E-state index is 0.528. The first-order valence-corrected chi connectivity index (χ1v) is 8.30. The molecule has 3 aromatic rings. The third-order valence-corrected chi connectivity index (χ3v) is 4.51. The number of para-hydroxylation sites is 1. The maximum absolute atomic E-state index is 6.17. The summed E-state index contributed by atoms with van der Waals surface area (Å²) in [7, 11) is 0. The highest BCUT2D eigenvalue weighted by Crippen LogP contribution is 2.31. The van der Waals surface area contributed by atoms with Gasteiger partial charge in [-0.05, 0) is 52.7 Å². The van der Waals surface area contributed by atoms with Crippen molar-refractivity contribution >= 4 is 50.2 Å². The van der Waals surface area contributed by atoms with Crippen molar-refractivity contribution in [3.63, 3.8) is 0 Å². The van der Waals surface area contributed by atoms with Crippen molar-refractivity contribution in [3.8, 4) is 5.69 Å². The zero-order valence-corrected chi connectivity index (χ0v) is 14.5. The van der Waals surface area contributed by atoms with E-state index in [9.17, 15) is 0 Å². The van der Waals surface area contributed by atoms with Gasteiger partial charge in [-0.3, -0.25) is 4.57 Å². The Labute approximate surface area is 141 Å². The fourth-order valence-electron chi connectivity index (χ4n) is 2.51. The molecule has 0 amide bonds. The Morgan fingerprint density at radius 3 is 2.81 bits per heavy atom. The van der Waals surface area contributed by atoms with Crippen molar-refractivity contribution in [2.45, 2.75) is 13.3 Å². The Bertz CT molecular complexity index is 811. The van der Waals surface area contributed by atoms with Crippen LogP contribution in [0, 0.1) is 6.92 Å². The van der Waals surface area contributed by atoms with Gasteiger partial charge in [-0.25, -0.2) is 4.98 Å². The number of nitrogens with zero attached hydrogens (tertiary/aromatic N) is 2. The summed E-state index contributed by atoms with van der Waals surface area (Å²) in [6, 6.07) is 11.9. The Kier molecular flexibility index (Phi) is 4.25. The summed E-state index contributed by atoms with van der Waals surface area (Å²) in [6.45, 7) is 2.09. The quantitative estimate of drug-likeness (QED) is 0.543. The maximum Gasteiger partial charge on any atom is 0.115 e. The first-order chi connectivity index (χ1) is 10.1. The normalized spacial score (nSPS) is 11.2. The molecule has 0 aliphatic carbocycles. The van der Waals surface area contributed by atoms with Crippen molar-refractivity contribution in [1.82, 2.24) is 9.55 Å². The smallest absolute Gasteiger partial charge is 0.115 e. The summed E-state index contributed by atoms with van der Waals surface area (Å²) in [5, 5.41) is 0.695. The lowest BCUT2D eigenvalue weighted by molar-refractivity contribution is 0.908. The fourth-order valence-corrected chi connectivity index (χ4v) is 3.27. The molecule has 0 atom stereocenters. The molecule has 0 radical (unpaired) electrons. The molecular weight excluding hydrogens is 371 g/mol. The van der Waals surface area contributed by atoms with E-state index in [1.54, 1.807) is 0 Å². The van der Waals surface area contributed by atoms with Crippen LogP contribution < -0.4 is 0 Å². The van der Waals surface area contributed by atoms with Gasteiger partial charge in [0.05, 0.1) is 16.7 Å². The van der Waals surface area contributed by atoms with E-state index in [-0.39, 0.29) is 0 Å². The Morgan fingerprint density at radius 2 is 2.05 bits per heavy atom. The summed E-state index contributed by atoms with van der Waals surface area (Å²) < 4.78 is 3.12. The highest BCUT2D eigenvalue weighted by atomic mass is 79.9. The van der Waals surface area contributed by atoms with Gasteiger partial charge in [-0.2, -0.15) is 0 Å². The molecule has 0 saturated carbocycles. The maximum atomic E-state index is 6.17. The molecule has 0 N–H and O–H groups in total. The lowest BCUT2D eigenvalue weighted by Gasteiger charge is -2.12. The molecule has 0 saturated heterocycles. The number of halogens is 3. The molecule has 1 heterocycles. The van der Waals surface area contributed by atoms with Crippen molar-refractivity contribution in [2.75, 3.05) is 5.88 Å². The summed E-state index contributed by atoms with van der Waals surface area (Å²) in [6.07, 6.45) is 0.703. The molecule has 21 heavy (non-hydrogen) atoms. The van der Waals surface area contributed by atoms with Gasteiger partial charge in [0.25, 0.3) is 0 Å². The number of aryl methyl sites for hydroxylation is 2. The third-order valence-electron chi connectivity index (χ3n) is 3.41. The van der Waals surface area contributed by atoms with E-state index in [1.165, 1.54) is 5.56 Å². The predicted octanol–water partition coefficient (Wildman–Crippen LogP) is 5.53. The number of fused-ring (bicyclic) bond motifs is 1. The summed E-state index contributed by atoms with van der Waals surface area (Å²) in [5.74, 6) is 1.47. The largest absolute Gasteiger partial charge is 0.295 e. The van der Waals surface area contributed by atoms with Crippen LogP contribution in [0.4, 0.5) is 0 Å². The standard InChI is InChI=1S/C16H13BrCl2N2/c1-10-3-2-4-13-16(10)21(15(20-13)7-8-18)14-9-11(19)5-6-12(14)17/h2-6,9H,7-8H2,1H3. The van der Waals surface area contributed by atoms with Crippen LogP contribution in [-0.4, -0.2) is 15.4 Å². The molecule has 0 bridgehead atoms. The molecule has 1 aromatic heterocycles. The number of rotatable bonds is 3. The van der Waals surface area contributed by atoms with Gasteiger partial charge < -0.3 is 0 Å². The monoisotopic (exact) mass is 382 g/mol. The highest BCUT2D eigenvalue weighted by molar-refractivity contribution is 9.10. The molecule has 2 aromatic carbocycles. The molecule has 3 rings (SSSR count). The van der Waals surface area contributed by atoms with Crippen LogP contribution in [0.1, 0.15) is 11.4 Å². The SMILES string of the molecule is Cc1cccc2nc(CCCl)n(-c3cc(Cl)ccc3Br)c12. The second kappa shape index (κ2) is 5.99. The van der Waals surface area contributed by atoms with E-state index in [0.29, 0.717) is 17.3 Å². The zero-order valence-electron chi connectivity index (χ0n) is 11.4. The average Bonchev–Trinajstić information content (AvgIpc) is 2.81. The summed E-state index contributed by atoms with van der Waals surface area (Å²) >= 11 is 15.7. The van der Waals surface area contributed by atoms with E-state index >= 15 is 0 Å². The molecule has 2 nitrogen and oxygen atoms in total. The predicted molar refractivity (Wildman–Crippen MR) is 92.9 cm³/mol. The first kappa shape index (κ1) is 14.9. The lowest BCUT2D eigenvalue weighted by atomic mass is 10.2. The second-order valence-electron chi connectivity index (χ2n) is 4.84. The van der Waals surface area contributed by atoms with Crippen molar-refractivity contribution in [2.24, 2.45) is 0 Å². The van der Waals surface area contributed by atoms with Crippen LogP contribution in [0.3, 0.4) is 0 Å². The topological polar surface area (TPSA) is 17.8 Å². The van der Waals surface area contributed by atoms with E-state index in [0.717, 1.165) is 27.0 Å². The number of aromatic nitrogens is 2. The molecule has 0 aliphatic rings. The summed E-state index contributed by atoms with van der Waals surface area (Å²) in [4.78, 5) is 4.73. The van der Waals surface area contributed by atoms with Crippen LogP contribution in [-0.2, 0) is 6.42 Å². The van der Waals surface area contributed by atoms with Crippen molar-refractivity contribution in [3.05, 3.63) is 57.3 Å². The van der Waals surface area contributed by atoms with Crippen LogP contribution in [0.25, 0.3) is 16.7 Å². The van der Waals surface area contributed by atoms with Gasteiger partial charge in [-0.1, -0.05) is 23.7 Å². The van der Waals surface area contributed by atoms with E-state index in [1.807, 2.05) is 30.3 Å². The van der Waals surface area contributed by atoms with Gasteiger partial charge in [0.2, 0.25) is 0 Å². The molecular formula is C16H13BrCl2N2. The molecule has 108 valence electrons. The van der Waals surface area contributed by atoms with Gasteiger partial charge in [0.15, 0.2) is 0 Å². The third kappa shape index (κ3) is 2.70. The first-order valence-electron chi connectivity index (χ1n) is 6.60. The van der Waals surface area contributed by atoms with Gasteiger partial charge >= 0.3 is 0 Å². The molecule has 0 spiro atoms. The zero-order chi connectivity index (χ0) is 15.0. The number of hydrogen-bond donors (Lipinski definition) is 0. The fraction of sp³-hybridized carbons (Fsp3) is 0.188. The van der Waals surface area contributed by atoms with E-state index in [4.69, 9.17) is 28.2 Å². The Hall–Kier alpha value is -1.03. The van der Waals surface area contributed by atoms with Gasteiger partial charge in [0, 0.05) is 21.8 Å². The van der Waals surface area contributed by atoms with Crippen molar-refractivity contribution in [1.29, 1.82) is 0 Å². The van der Waals surface area contributed by atoms with Gasteiger partial charge in [-0.15, -0.1) is 11.6 Å². The Morgan fingerprint density at radius 1 is 1.24 bits per heavy atom. The highest BCUT2D eigenvalue weighted by Gasteiger charge is 2.16. The number of hydrogen-bond acceptors (Lipinski definition) is 1. The van der Waals surface area contributed by atoms with E-state index < -0.39 is 0 Å². The van der Waals surface area contributed by atoms with Crippen LogP contribution in [0.15, 0.2) is 40.9 Å². The molecule has 0 fully saturated rings. The molecule has 0 aliphatic heterocycles. The Balaban J connectivity index is 2.38. The number of imidazole rings is 1. The lowest BCUT2D eigenvalue weighted by Crippen LogP contribution is -2.03. The van der Waals surface area contributed by atoms with E-state index in [2.05, 4.69) is 33.5 Å². The average molecular weight is 384 g/mol. The molecule has 0 unspecified atom stereocenters. The van der Waals surface area contributed by atoms with Crippen LogP contribution in [0.2, 0.25) is 5.02 Å². The number of alkyl halides is 1. The van der Waals surface area contributed by atoms with Crippen molar-refractivity contribution < 1.29 is 0 Å². The van der Waals surface area contributed by atoms with Crippen LogP contribution >= 0.6 is 39.1 Å². The van der Waals surface area contributed by atoms with Gasteiger partial charge in [0.1, 0.15) is 5.82 Å².